The van der Waals surface area contributed by atoms with E-state index >= 15 is 0 Å². The average Bonchev–Trinajstić information content (AvgIpc) is 2.88. The fourth-order valence-corrected chi connectivity index (χ4v) is 4.20. The van der Waals surface area contributed by atoms with E-state index in [1.165, 1.54) is 11.1 Å². The number of rotatable bonds is 9. The highest BCUT2D eigenvalue weighted by Crippen LogP contribution is 2.29. The number of para-hydroxylation sites is 1. The summed E-state index contributed by atoms with van der Waals surface area (Å²) in [6.07, 6.45) is 1.66. The number of ether oxygens (including phenoxy) is 1. The van der Waals surface area contributed by atoms with Crippen molar-refractivity contribution in [1.29, 1.82) is 0 Å². The Bertz CT molecular complexity index is 1150. The van der Waals surface area contributed by atoms with Crippen molar-refractivity contribution in [3.63, 3.8) is 0 Å². The second kappa shape index (κ2) is 12.0. The maximum absolute atomic E-state index is 13.2. The van der Waals surface area contributed by atoms with Gasteiger partial charge in [-0.3, -0.25) is 4.79 Å². The third kappa shape index (κ3) is 6.61. The van der Waals surface area contributed by atoms with Crippen LogP contribution >= 0.6 is 0 Å². The smallest absolute Gasteiger partial charge is 0.323 e. The van der Waals surface area contributed by atoms with Crippen LogP contribution in [0.2, 0.25) is 0 Å². The molecule has 0 fully saturated rings. The van der Waals surface area contributed by atoms with Gasteiger partial charge in [-0.1, -0.05) is 42.5 Å². The summed E-state index contributed by atoms with van der Waals surface area (Å²) < 4.78 is 5.37. The molecule has 0 atom stereocenters. The number of carbonyl (C=O) groups excluding carboxylic acids is 2. The van der Waals surface area contributed by atoms with E-state index in [1.807, 2.05) is 55.5 Å². The van der Waals surface area contributed by atoms with Crippen LogP contribution in [0.3, 0.4) is 0 Å². The van der Waals surface area contributed by atoms with Gasteiger partial charge in [-0.25, -0.2) is 4.79 Å². The maximum Gasteiger partial charge on any atom is 0.323 e. The molecule has 0 saturated heterocycles. The first kappa shape index (κ1) is 24.3. The second-order valence-electron chi connectivity index (χ2n) is 8.42. The van der Waals surface area contributed by atoms with Crippen LogP contribution in [0.1, 0.15) is 34.8 Å². The number of hydrogen-bond acceptors (Lipinski definition) is 4. The number of hydrogen-bond donors (Lipinski definition) is 3. The molecule has 0 spiro atoms. The fourth-order valence-electron chi connectivity index (χ4n) is 4.20. The van der Waals surface area contributed by atoms with Crippen LogP contribution in [0.5, 0.6) is 0 Å². The van der Waals surface area contributed by atoms with E-state index in [4.69, 9.17) is 4.74 Å². The predicted molar refractivity (Wildman–Crippen MR) is 140 cm³/mol. The molecule has 7 heteroatoms. The summed E-state index contributed by atoms with van der Waals surface area (Å²) in [4.78, 5) is 27.9. The first-order valence-corrected chi connectivity index (χ1v) is 12.1. The number of fused-ring (bicyclic) bond motifs is 1. The molecular formula is C28H32N4O3. The first-order valence-electron chi connectivity index (χ1n) is 12.1. The lowest BCUT2D eigenvalue weighted by Crippen LogP contribution is -2.33. The standard InChI is InChI=1S/C28H32N4O3/c1-2-35-18-8-16-29-27(33)25-19-24(31-28(34)30-23-11-4-3-5-12-23)13-14-26(25)32-17-15-21-9-6-7-10-22(21)20-32/h3-7,9-14,19H,2,8,15-18,20H2,1H3,(H,29,33)(H2,30,31,34). The minimum atomic E-state index is -0.362. The lowest BCUT2D eigenvalue weighted by Gasteiger charge is -2.32. The van der Waals surface area contributed by atoms with Crippen molar-refractivity contribution in [1.82, 2.24) is 5.32 Å². The van der Waals surface area contributed by atoms with Crippen molar-refractivity contribution in [2.24, 2.45) is 0 Å². The molecule has 0 aliphatic carbocycles. The topological polar surface area (TPSA) is 82.7 Å². The molecule has 0 saturated carbocycles. The van der Waals surface area contributed by atoms with E-state index in [-0.39, 0.29) is 11.9 Å². The zero-order valence-electron chi connectivity index (χ0n) is 20.0. The minimum absolute atomic E-state index is 0.164. The Balaban J connectivity index is 1.52. The summed E-state index contributed by atoms with van der Waals surface area (Å²) in [5.41, 5.74) is 5.27. The molecule has 1 aliphatic heterocycles. The third-order valence-corrected chi connectivity index (χ3v) is 5.96. The number of carbonyl (C=O) groups is 2. The molecule has 0 bridgehead atoms. The molecule has 35 heavy (non-hydrogen) atoms. The Labute approximate surface area is 206 Å². The van der Waals surface area contributed by atoms with Crippen LogP contribution in [-0.4, -0.2) is 38.2 Å². The number of nitrogens with one attached hydrogen (secondary N) is 3. The van der Waals surface area contributed by atoms with Gasteiger partial charge < -0.3 is 25.6 Å². The van der Waals surface area contributed by atoms with Crippen molar-refractivity contribution in [3.8, 4) is 0 Å². The SMILES string of the molecule is CCOCCCNC(=O)c1cc(NC(=O)Nc2ccccc2)ccc1N1CCc2ccccc2C1. The average molecular weight is 473 g/mol. The first-order chi connectivity index (χ1) is 17.1. The number of nitrogens with zero attached hydrogens (tertiary/aromatic N) is 1. The zero-order valence-corrected chi connectivity index (χ0v) is 20.0. The molecule has 4 rings (SSSR count). The van der Waals surface area contributed by atoms with Gasteiger partial charge in [0.25, 0.3) is 5.91 Å². The van der Waals surface area contributed by atoms with Crippen molar-refractivity contribution in [2.75, 3.05) is 41.8 Å². The molecule has 0 unspecified atom stereocenters. The molecule has 7 nitrogen and oxygen atoms in total. The fraction of sp³-hybridized carbons (Fsp3) is 0.286. The van der Waals surface area contributed by atoms with Crippen LogP contribution in [0.15, 0.2) is 72.8 Å². The summed E-state index contributed by atoms with van der Waals surface area (Å²) in [5.74, 6) is -0.164. The van der Waals surface area contributed by atoms with Crippen molar-refractivity contribution < 1.29 is 14.3 Å². The molecule has 1 heterocycles. The molecule has 3 aromatic rings. The summed E-state index contributed by atoms with van der Waals surface area (Å²) >= 11 is 0. The second-order valence-corrected chi connectivity index (χ2v) is 8.42. The monoisotopic (exact) mass is 472 g/mol. The molecule has 0 radical (unpaired) electrons. The predicted octanol–water partition coefficient (Wildman–Crippen LogP) is 5.05. The normalized spacial score (nSPS) is 12.5. The molecule has 3 amide bonds. The van der Waals surface area contributed by atoms with Crippen molar-refractivity contribution in [3.05, 3.63) is 89.5 Å². The minimum Gasteiger partial charge on any atom is -0.382 e. The Hall–Kier alpha value is -3.84. The lowest BCUT2D eigenvalue weighted by atomic mass is 9.98. The van der Waals surface area contributed by atoms with Crippen LogP contribution in [0, 0.1) is 0 Å². The quantitative estimate of drug-likeness (QED) is 0.381. The Morgan fingerprint density at radius 2 is 1.66 bits per heavy atom. The molecule has 182 valence electrons. The summed E-state index contributed by atoms with van der Waals surface area (Å²) in [5, 5.41) is 8.66. The lowest BCUT2D eigenvalue weighted by molar-refractivity contribution is 0.0944. The van der Waals surface area contributed by atoms with E-state index in [1.54, 1.807) is 6.07 Å². The van der Waals surface area contributed by atoms with Crippen LogP contribution in [-0.2, 0) is 17.7 Å². The molecule has 0 aromatic heterocycles. The van der Waals surface area contributed by atoms with E-state index in [9.17, 15) is 9.59 Å². The maximum atomic E-state index is 13.2. The highest BCUT2D eigenvalue weighted by molar-refractivity contribution is 6.04. The van der Waals surface area contributed by atoms with Gasteiger partial charge in [-0.05, 0) is 61.2 Å². The Kier molecular flexibility index (Phi) is 8.35. The van der Waals surface area contributed by atoms with Gasteiger partial charge in [0.1, 0.15) is 0 Å². The third-order valence-electron chi connectivity index (χ3n) is 5.96. The van der Waals surface area contributed by atoms with Gasteiger partial charge in [0.2, 0.25) is 0 Å². The highest BCUT2D eigenvalue weighted by Gasteiger charge is 2.22. The van der Waals surface area contributed by atoms with Gasteiger partial charge >= 0.3 is 6.03 Å². The number of anilines is 3. The van der Waals surface area contributed by atoms with E-state index in [0.29, 0.717) is 36.7 Å². The molecule has 3 aromatic carbocycles. The van der Waals surface area contributed by atoms with Gasteiger partial charge in [0.05, 0.1) is 5.56 Å². The Morgan fingerprint density at radius 1 is 0.914 bits per heavy atom. The number of amides is 3. The largest absolute Gasteiger partial charge is 0.382 e. The number of urea groups is 1. The van der Waals surface area contributed by atoms with Gasteiger partial charge in [0, 0.05) is 49.9 Å². The number of benzene rings is 3. The molecule has 1 aliphatic rings. The van der Waals surface area contributed by atoms with Gasteiger partial charge in [-0.15, -0.1) is 0 Å². The summed E-state index contributed by atoms with van der Waals surface area (Å²) in [6.45, 7) is 5.30. The summed E-state index contributed by atoms with van der Waals surface area (Å²) in [7, 11) is 0. The van der Waals surface area contributed by atoms with Crippen molar-refractivity contribution in [2.45, 2.75) is 26.3 Å². The van der Waals surface area contributed by atoms with Gasteiger partial charge in [-0.2, -0.15) is 0 Å². The van der Waals surface area contributed by atoms with Crippen molar-refractivity contribution >= 4 is 29.0 Å². The van der Waals surface area contributed by atoms with Crippen LogP contribution in [0.25, 0.3) is 0 Å². The van der Waals surface area contributed by atoms with E-state index in [0.717, 1.165) is 31.6 Å². The Morgan fingerprint density at radius 3 is 2.46 bits per heavy atom. The van der Waals surface area contributed by atoms with Crippen LogP contribution in [0.4, 0.5) is 21.9 Å². The molecular weight excluding hydrogens is 440 g/mol. The van der Waals surface area contributed by atoms with E-state index in [2.05, 4.69) is 39.0 Å². The zero-order chi connectivity index (χ0) is 24.5. The van der Waals surface area contributed by atoms with Gasteiger partial charge in [0.15, 0.2) is 0 Å². The van der Waals surface area contributed by atoms with Crippen LogP contribution < -0.4 is 20.9 Å². The highest BCUT2D eigenvalue weighted by atomic mass is 16.5. The summed E-state index contributed by atoms with van der Waals surface area (Å²) in [6, 6.07) is 22.8. The van der Waals surface area contributed by atoms with E-state index < -0.39 is 0 Å². The molecule has 3 N–H and O–H groups in total.